The first-order valence-corrected chi connectivity index (χ1v) is 12.1. The predicted molar refractivity (Wildman–Crippen MR) is 125 cm³/mol. The van der Waals surface area contributed by atoms with E-state index in [2.05, 4.69) is 16.0 Å². The number of hydrogen-bond acceptors (Lipinski definition) is 8. The van der Waals surface area contributed by atoms with Crippen molar-refractivity contribution < 1.29 is 39.0 Å². The number of thioether (sulfide) groups is 1. The van der Waals surface area contributed by atoms with E-state index in [1.165, 1.54) is 11.8 Å². The fourth-order valence-electron chi connectivity index (χ4n) is 2.79. The van der Waals surface area contributed by atoms with Crippen molar-refractivity contribution in [3.05, 3.63) is 0 Å². The van der Waals surface area contributed by atoms with Crippen LogP contribution in [-0.2, 0) is 28.8 Å². The molecule has 13 nitrogen and oxygen atoms in total. The third-order valence-electron chi connectivity index (χ3n) is 4.79. The van der Waals surface area contributed by atoms with Gasteiger partial charge in [-0.3, -0.25) is 24.0 Å². The van der Waals surface area contributed by atoms with Gasteiger partial charge in [0.25, 0.3) is 0 Å². The summed E-state index contributed by atoms with van der Waals surface area (Å²) in [5, 5.41) is 25.4. The Morgan fingerprint density at radius 3 is 1.85 bits per heavy atom. The number of carboxylic acid groups (broad SMARTS) is 2. The maximum Gasteiger partial charge on any atom is 0.326 e. The van der Waals surface area contributed by atoms with E-state index in [0.29, 0.717) is 12.2 Å². The van der Waals surface area contributed by atoms with E-state index in [-0.39, 0.29) is 19.3 Å². The van der Waals surface area contributed by atoms with E-state index in [1.807, 2.05) is 6.26 Å². The molecule has 0 aromatic carbocycles. The van der Waals surface area contributed by atoms with Crippen molar-refractivity contribution in [3.63, 3.8) is 0 Å². The van der Waals surface area contributed by atoms with Gasteiger partial charge in [-0.2, -0.15) is 11.8 Å². The summed E-state index contributed by atoms with van der Waals surface area (Å²) in [6.45, 7) is 3.21. The Morgan fingerprint density at radius 2 is 1.38 bits per heavy atom. The molecule has 4 amide bonds. The van der Waals surface area contributed by atoms with Crippen LogP contribution >= 0.6 is 11.8 Å². The van der Waals surface area contributed by atoms with Gasteiger partial charge in [-0.1, -0.05) is 13.8 Å². The zero-order chi connectivity index (χ0) is 26.4. The molecule has 0 aromatic heterocycles. The van der Waals surface area contributed by atoms with Gasteiger partial charge in [0.05, 0.1) is 6.04 Å². The van der Waals surface area contributed by atoms with Crippen LogP contribution in [-0.4, -0.2) is 82.0 Å². The average molecular weight is 506 g/mol. The van der Waals surface area contributed by atoms with Crippen molar-refractivity contribution in [1.82, 2.24) is 16.0 Å². The van der Waals surface area contributed by atoms with Gasteiger partial charge in [-0.15, -0.1) is 0 Å². The van der Waals surface area contributed by atoms with E-state index in [9.17, 15) is 33.9 Å². The lowest BCUT2D eigenvalue weighted by atomic mass is 10.0. The van der Waals surface area contributed by atoms with Crippen LogP contribution in [0.1, 0.15) is 46.0 Å². The van der Waals surface area contributed by atoms with Gasteiger partial charge in [0.2, 0.25) is 23.6 Å². The Morgan fingerprint density at radius 1 is 0.824 bits per heavy atom. The molecule has 0 saturated heterocycles. The highest BCUT2D eigenvalue weighted by Crippen LogP contribution is 2.08. The molecule has 4 atom stereocenters. The highest BCUT2D eigenvalue weighted by molar-refractivity contribution is 7.98. The van der Waals surface area contributed by atoms with E-state index in [0.717, 1.165) is 0 Å². The van der Waals surface area contributed by atoms with Crippen LogP contribution in [0.25, 0.3) is 0 Å². The Balaban J connectivity index is 5.44. The molecule has 0 aliphatic heterocycles. The number of rotatable bonds is 17. The van der Waals surface area contributed by atoms with E-state index in [1.54, 1.807) is 13.8 Å². The smallest absolute Gasteiger partial charge is 0.326 e. The minimum Gasteiger partial charge on any atom is -0.481 e. The van der Waals surface area contributed by atoms with E-state index < -0.39 is 72.1 Å². The lowest BCUT2D eigenvalue weighted by Crippen LogP contribution is -2.58. The first kappa shape index (κ1) is 31.1. The molecule has 0 rings (SSSR count). The second kappa shape index (κ2) is 15.9. The highest BCUT2D eigenvalue weighted by Gasteiger charge is 2.32. The fraction of sp³-hybridized carbons (Fsp3) is 0.700. The van der Waals surface area contributed by atoms with Crippen LogP contribution in [0, 0.1) is 5.92 Å². The summed E-state index contributed by atoms with van der Waals surface area (Å²) in [4.78, 5) is 71.3. The average Bonchev–Trinajstić information content (AvgIpc) is 2.74. The minimum absolute atomic E-state index is 0.236. The SMILES string of the molecule is CSCCC(N)C(=O)NC(CCC(=O)O)C(=O)NC(C(=O)NC(CCC(N)=O)C(=O)O)C(C)C. The molecule has 9 N–H and O–H groups in total. The topological polar surface area (TPSA) is 231 Å². The number of carboxylic acids is 2. The van der Waals surface area contributed by atoms with E-state index in [4.69, 9.17) is 16.6 Å². The molecule has 0 saturated carbocycles. The third kappa shape index (κ3) is 12.4. The summed E-state index contributed by atoms with van der Waals surface area (Å²) in [7, 11) is 0. The van der Waals surface area contributed by atoms with Crippen LogP contribution in [0.3, 0.4) is 0 Å². The summed E-state index contributed by atoms with van der Waals surface area (Å²) in [6, 6.07) is -4.78. The quantitative estimate of drug-likeness (QED) is 0.119. The van der Waals surface area contributed by atoms with Crippen LogP contribution < -0.4 is 27.4 Å². The van der Waals surface area contributed by atoms with Crippen LogP contribution in [0.2, 0.25) is 0 Å². The Bertz CT molecular complexity index is 748. The maximum absolute atomic E-state index is 12.9. The van der Waals surface area contributed by atoms with Crippen molar-refractivity contribution in [1.29, 1.82) is 0 Å². The molecule has 14 heteroatoms. The summed E-state index contributed by atoms with van der Waals surface area (Å²) in [6.07, 6.45) is 1.01. The van der Waals surface area contributed by atoms with Crippen LogP contribution in [0.15, 0.2) is 0 Å². The molecule has 0 radical (unpaired) electrons. The van der Waals surface area contributed by atoms with Gasteiger partial charge < -0.3 is 37.6 Å². The van der Waals surface area contributed by atoms with Crippen molar-refractivity contribution in [2.24, 2.45) is 17.4 Å². The number of hydrogen-bond donors (Lipinski definition) is 7. The molecule has 34 heavy (non-hydrogen) atoms. The normalized spacial score (nSPS) is 14.4. The zero-order valence-electron chi connectivity index (χ0n) is 19.5. The molecule has 0 aliphatic rings. The lowest BCUT2D eigenvalue weighted by Gasteiger charge is -2.27. The van der Waals surface area contributed by atoms with Gasteiger partial charge in [0.1, 0.15) is 18.1 Å². The standard InChI is InChI=1S/C20H35N5O8S/c1-10(2)16(19(31)24-13(20(32)33)4-6-14(22)26)25-18(30)12(5-7-15(27)28)23-17(29)11(21)8-9-34-3/h10-13,16H,4-9,21H2,1-3H3,(H2,22,26)(H,23,29)(H,24,31)(H,25,30)(H,27,28)(H,32,33). The fourth-order valence-corrected chi connectivity index (χ4v) is 3.28. The summed E-state index contributed by atoms with van der Waals surface area (Å²) in [5.41, 5.74) is 10.8. The molecule has 4 unspecified atom stereocenters. The second-order valence-electron chi connectivity index (χ2n) is 8.02. The highest BCUT2D eigenvalue weighted by atomic mass is 32.2. The maximum atomic E-state index is 12.9. The molecular formula is C20H35N5O8S. The molecule has 0 heterocycles. The van der Waals surface area contributed by atoms with Crippen molar-refractivity contribution >= 4 is 47.3 Å². The molecule has 0 aromatic rings. The predicted octanol–water partition coefficient (Wildman–Crippen LogP) is -1.61. The first-order chi connectivity index (χ1) is 15.8. The molecule has 0 spiro atoms. The third-order valence-corrected chi connectivity index (χ3v) is 5.43. The lowest BCUT2D eigenvalue weighted by molar-refractivity contribution is -0.143. The van der Waals surface area contributed by atoms with Crippen molar-refractivity contribution in [3.8, 4) is 0 Å². The van der Waals surface area contributed by atoms with Gasteiger partial charge in [-0.25, -0.2) is 4.79 Å². The zero-order valence-corrected chi connectivity index (χ0v) is 20.4. The number of carbonyl (C=O) groups excluding carboxylic acids is 4. The number of amides is 4. The van der Waals surface area contributed by atoms with Crippen molar-refractivity contribution in [2.45, 2.75) is 70.1 Å². The van der Waals surface area contributed by atoms with Gasteiger partial charge in [0.15, 0.2) is 0 Å². The number of carbonyl (C=O) groups is 6. The summed E-state index contributed by atoms with van der Waals surface area (Å²) < 4.78 is 0. The molecule has 194 valence electrons. The van der Waals surface area contributed by atoms with Crippen LogP contribution in [0.4, 0.5) is 0 Å². The number of nitrogens with two attached hydrogens (primary N) is 2. The number of nitrogens with one attached hydrogen (secondary N) is 3. The Labute approximate surface area is 202 Å². The van der Waals surface area contributed by atoms with Crippen LogP contribution in [0.5, 0.6) is 0 Å². The first-order valence-electron chi connectivity index (χ1n) is 10.7. The van der Waals surface area contributed by atoms with Gasteiger partial charge in [-0.05, 0) is 37.2 Å². The largest absolute Gasteiger partial charge is 0.481 e. The van der Waals surface area contributed by atoms with Gasteiger partial charge >= 0.3 is 11.9 Å². The summed E-state index contributed by atoms with van der Waals surface area (Å²) >= 11 is 1.48. The number of primary amides is 1. The van der Waals surface area contributed by atoms with E-state index >= 15 is 0 Å². The monoisotopic (exact) mass is 505 g/mol. The van der Waals surface area contributed by atoms with Crippen molar-refractivity contribution in [2.75, 3.05) is 12.0 Å². The minimum atomic E-state index is -1.41. The number of aliphatic carboxylic acids is 2. The molecule has 0 bridgehead atoms. The van der Waals surface area contributed by atoms with Gasteiger partial charge in [0, 0.05) is 12.8 Å². The Kier molecular flexibility index (Phi) is 14.5. The molecular weight excluding hydrogens is 470 g/mol. The second-order valence-corrected chi connectivity index (χ2v) is 9.00. The Hall–Kier alpha value is -2.87. The molecule has 0 fully saturated rings. The summed E-state index contributed by atoms with van der Waals surface area (Å²) in [5.74, 6) is -5.45. The molecule has 0 aliphatic carbocycles.